The summed E-state index contributed by atoms with van der Waals surface area (Å²) >= 11 is 0. The molecule has 0 aromatic heterocycles. The van der Waals surface area contributed by atoms with Crippen molar-refractivity contribution in [2.45, 2.75) is 38.5 Å². The summed E-state index contributed by atoms with van der Waals surface area (Å²) in [5, 5.41) is 0. The summed E-state index contributed by atoms with van der Waals surface area (Å²) in [6, 6.07) is 9.23. The third-order valence-corrected chi connectivity index (χ3v) is 4.65. The van der Waals surface area contributed by atoms with Crippen LogP contribution in [-0.2, 0) is 19.3 Å². The van der Waals surface area contributed by atoms with Crippen LogP contribution < -0.4 is 0 Å². The van der Waals surface area contributed by atoms with E-state index in [1.165, 1.54) is 34.9 Å². The Morgan fingerprint density at radius 2 is 1.86 bits per heavy atom. The normalized spacial score (nSPS) is 17.1. The van der Waals surface area contributed by atoms with Gasteiger partial charge < -0.3 is 0 Å². The number of hydrogen-bond acceptors (Lipinski definition) is 0. The molecule has 1 aliphatic carbocycles. The molecule has 0 bridgehead atoms. The molecule has 2 aromatic rings. The molecular weight excluding hydrogens is 278 g/mol. The number of rotatable bonds is 3. The Kier molecular flexibility index (Phi) is 4.10. The molecule has 1 atom stereocenters. The lowest BCUT2D eigenvalue weighted by Crippen LogP contribution is -2.16. The first-order valence-electron chi connectivity index (χ1n) is 7.84. The van der Waals surface area contributed by atoms with Crippen molar-refractivity contribution < 1.29 is 8.78 Å². The van der Waals surface area contributed by atoms with Crippen molar-refractivity contribution in [2.75, 3.05) is 0 Å². The largest absolute Gasteiger partial charge is 0.207 e. The average Bonchev–Trinajstić information content (AvgIpc) is 2.53. The molecule has 0 amide bonds. The van der Waals surface area contributed by atoms with E-state index in [4.69, 9.17) is 0 Å². The van der Waals surface area contributed by atoms with Crippen molar-refractivity contribution in [3.05, 3.63) is 76.4 Å². The van der Waals surface area contributed by atoms with Gasteiger partial charge in [-0.25, -0.2) is 8.78 Å². The molecule has 114 valence electrons. The molecule has 22 heavy (non-hydrogen) atoms. The molecule has 2 heteroatoms. The van der Waals surface area contributed by atoms with Crippen LogP contribution >= 0.6 is 0 Å². The second-order valence-electron chi connectivity index (χ2n) is 6.00. The van der Waals surface area contributed by atoms with Gasteiger partial charge in [-0.1, -0.05) is 37.8 Å². The monoisotopic (exact) mass is 298 g/mol. The second-order valence-corrected chi connectivity index (χ2v) is 6.00. The Labute approximate surface area is 130 Å². The SMILES string of the molecule is C=Cc1cc(F)c(C2CCc3cc(CC)ccc3C2)c(F)c1. The maximum atomic E-state index is 14.3. The molecule has 0 saturated heterocycles. The quantitative estimate of drug-likeness (QED) is 0.707. The van der Waals surface area contributed by atoms with E-state index in [0.717, 1.165) is 19.3 Å². The van der Waals surface area contributed by atoms with E-state index in [1.807, 2.05) is 0 Å². The summed E-state index contributed by atoms with van der Waals surface area (Å²) in [6.07, 6.45) is 4.87. The van der Waals surface area contributed by atoms with Gasteiger partial charge in [-0.05, 0) is 66.0 Å². The number of hydrogen-bond donors (Lipinski definition) is 0. The van der Waals surface area contributed by atoms with E-state index >= 15 is 0 Å². The average molecular weight is 298 g/mol. The first-order valence-corrected chi connectivity index (χ1v) is 7.84. The van der Waals surface area contributed by atoms with Crippen LogP contribution in [0.3, 0.4) is 0 Å². The van der Waals surface area contributed by atoms with Gasteiger partial charge in [-0.2, -0.15) is 0 Å². The third kappa shape index (κ3) is 2.70. The third-order valence-electron chi connectivity index (χ3n) is 4.65. The predicted octanol–water partition coefficient (Wildman–Crippen LogP) is 5.44. The van der Waals surface area contributed by atoms with Crippen LogP contribution in [0.25, 0.3) is 6.08 Å². The van der Waals surface area contributed by atoms with Crippen molar-refractivity contribution in [1.29, 1.82) is 0 Å². The minimum Gasteiger partial charge on any atom is -0.207 e. The zero-order valence-electron chi connectivity index (χ0n) is 12.8. The fourth-order valence-electron chi connectivity index (χ4n) is 3.39. The van der Waals surface area contributed by atoms with Crippen LogP contribution in [0.4, 0.5) is 8.78 Å². The lowest BCUT2D eigenvalue weighted by molar-refractivity contribution is 0.491. The first kappa shape index (κ1) is 15.0. The predicted molar refractivity (Wildman–Crippen MR) is 87.0 cm³/mol. The van der Waals surface area contributed by atoms with Crippen LogP contribution in [0.1, 0.15) is 47.1 Å². The minimum atomic E-state index is -0.450. The highest BCUT2D eigenvalue weighted by Crippen LogP contribution is 2.36. The summed E-state index contributed by atoms with van der Waals surface area (Å²) in [4.78, 5) is 0. The summed E-state index contributed by atoms with van der Waals surface area (Å²) in [5.74, 6) is -0.985. The van der Waals surface area contributed by atoms with Gasteiger partial charge in [0.25, 0.3) is 0 Å². The number of benzene rings is 2. The van der Waals surface area contributed by atoms with Gasteiger partial charge >= 0.3 is 0 Å². The van der Waals surface area contributed by atoms with Crippen molar-refractivity contribution in [2.24, 2.45) is 0 Å². The van der Waals surface area contributed by atoms with E-state index in [0.29, 0.717) is 12.0 Å². The molecule has 1 unspecified atom stereocenters. The van der Waals surface area contributed by atoms with E-state index in [9.17, 15) is 8.78 Å². The van der Waals surface area contributed by atoms with Crippen LogP contribution in [0, 0.1) is 11.6 Å². The molecule has 0 N–H and O–H groups in total. The molecule has 0 saturated carbocycles. The Morgan fingerprint density at radius 1 is 1.14 bits per heavy atom. The van der Waals surface area contributed by atoms with E-state index in [2.05, 4.69) is 31.7 Å². The molecule has 0 radical (unpaired) electrons. The Balaban J connectivity index is 1.93. The van der Waals surface area contributed by atoms with Gasteiger partial charge in [0, 0.05) is 5.56 Å². The fraction of sp³-hybridized carbons (Fsp3) is 0.300. The topological polar surface area (TPSA) is 0 Å². The van der Waals surface area contributed by atoms with Crippen molar-refractivity contribution in [1.82, 2.24) is 0 Å². The van der Waals surface area contributed by atoms with Gasteiger partial charge in [0.15, 0.2) is 0 Å². The standard InChI is InChI=1S/C20H20F2/c1-3-13-5-6-16-12-17(8-7-15(16)9-13)20-18(21)10-14(4-2)11-19(20)22/h4-6,9-11,17H,2-3,7-8,12H2,1H3. The van der Waals surface area contributed by atoms with Crippen molar-refractivity contribution in [3.63, 3.8) is 0 Å². The van der Waals surface area contributed by atoms with Gasteiger partial charge in [-0.15, -0.1) is 0 Å². The maximum absolute atomic E-state index is 14.3. The number of aryl methyl sites for hydroxylation is 2. The zero-order chi connectivity index (χ0) is 15.7. The zero-order valence-corrected chi connectivity index (χ0v) is 12.8. The lowest BCUT2D eigenvalue weighted by atomic mass is 9.79. The van der Waals surface area contributed by atoms with E-state index in [1.54, 1.807) is 0 Å². The Morgan fingerprint density at radius 3 is 2.50 bits per heavy atom. The number of fused-ring (bicyclic) bond motifs is 1. The van der Waals surface area contributed by atoms with E-state index in [-0.39, 0.29) is 11.5 Å². The fourth-order valence-corrected chi connectivity index (χ4v) is 3.39. The van der Waals surface area contributed by atoms with Crippen molar-refractivity contribution >= 4 is 6.08 Å². The summed E-state index contributed by atoms with van der Waals surface area (Å²) in [5.41, 5.74) is 4.60. The Bertz CT molecular complexity index is 693. The highest BCUT2D eigenvalue weighted by Gasteiger charge is 2.25. The van der Waals surface area contributed by atoms with Crippen LogP contribution in [0.2, 0.25) is 0 Å². The molecular formula is C20H20F2. The van der Waals surface area contributed by atoms with Gasteiger partial charge in [0.1, 0.15) is 11.6 Å². The summed E-state index contributed by atoms with van der Waals surface area (Å²) < 4.78 is 28.6. The van der Waals surface area contributed by atoms with Gasteiger partial charge in [0.2, 0.25) is 0 Å². The number of halogens is 2. The minimum absolute atomic E-state index is 0.0844. The van der Waals surface area contributed by atoms with Crippen LogP contribution in [0.15, 0.2) is 36.9 Å². The van der Waals surface area contributed by atoms with E-state index < -0.39 is 11.6 Å². The summed E-state index contributed by atoms with van der Waals surface area (Å²) in [6.45, 7) is 5.71. The lowest BCUT2D eigenvalue weighted by Gasteiger charge is -2.26. The Hall–Kier alpha value is -1.96. The van der Waals surface area contributed by atoms with Crippen LogP contribution in [0.5, 0.6) is 0 Å². The van der Waals surface area contributed by atoms with Crippen molar-refractivity contribution in [3.8, 4) is 0 Å². The molecule has 1 aliphatic rings. The molecule has 0 aliphatic heterocycles. The van der Waals surface area contributed by atoms with Crippen LogP contribution in [-0.4, -0.2) is 0 Å². The summed E-state index contributed by atoms with van der Waals surface area (Å²) in [7, 11) is 0. The molecule has 0 spiro atoms. The van der Waals surface area contributed by atoms with Gasteiger partial charge in [-0.3, -0.25) is 0 Å². The second kappa shape index (κ2) is 6.04. The first-order chi connectivity index (χ1) is 10.6. The highest BCUT2D eigenvalue weighted by molar-refractivity contribution is 5.49. The molecule has 0 heterocycles. The maximum Gasteiger partial charge on any atom is 0.130 e. The molecule has 3 rings (SSSR count). The highest BCUT2D eigenvalue weighted by atomic mass is 19.1. The molecule has 0 fully saturated rings. The smallest absolute Gasteiger partial charge is 0.130 e. The molecule has 0 nitrogen and oxygen atoms in total. The van der Waals surface area contributed by atoms with Gasteiger partial charge in [0.05, 0.1) is 0 Å². The molecule has 2 aromatic carbocycles.